The van der Waals surface area contributed by atoms with Crippen LogP contribution in [0.25, 0.3) is 0 Å². The monoisotopic (exact) mass is 275 g/mol. The van der Waals surface area contributed by atoms with Crippen LogP contribution in [0.15, 0.2) is 29.2 Å². The predicted octanol–water partition coefficient (Wildman–Crippen LogP) is 3.15. The number of halogens is 1. The smallest absolute Gasteiger partial charge is 0.207 e. The second kappa shape index (κ2) is 6.38. The Morgan fingerprint density at radius 3 is 1.94 bits per heavy atom. The summed E-state index contributed by atoms with van der Waals surface area (Å²) in [6.07, 6.45) is 1.62. The number of hydrogen-bond donors (Lipinski definition) is 0. The summed E-state index contributed by atoms with van der Waals surface area (Å²) < 4.78 is 26.1. The fourth-order valence-electron chi connectivity index (χ4n) is 1.61. The Morgan fingerprint density at radius 1 is 1.06 bits per heavy atom. The van der Waals surface area contributed by atoms with Crippen molar-refractivity contribution in [3.63, 3.8) is 0 Å². The normalized spacial score (nSPS) is 12.0. The molecule has 0 N–H and O–H groups in total. The highest BCUT2D eigenvalue weighted by molar-refractivity contribution is 7.89. The molecule has 1 aromatic rings. The SMILES string of the molecule is CCCN(CCC)S(=O)(=O)c1ccc(Cl)cc1. The van der Waals surface area contributed by atoms with Crippen LogP contribution in [0, 0.1) is 0 Å². The number of sulfonamides is 1. The zero-order valence-corrected chi connectivity index (χ0v) is 11.8. The number of benzene rings is 1. The van der Waals surface area contributed by atoms with Gasteiger partial charge in [-0.15, -0.1) is 0 Å². The van der Waals surface area contributed by atoms with Crippen LogP contribution >= 0.6 is 11.6 Å². The van der Waals surface area contributed by atoms with Crippen molar-refractivity contribution in [1.29, 1.82) is 0 Å². The van der Waals surface area contributed by atoms with Crippen molar-refractivity contribution in [2.45, 2.75) is 31.6 Å². The van der Waals surface area contributed by atoms with Gasteiger partial charge in [0.2, 0.25) is 10.0 Å². The number of hydrogen-bond acceptors (Lipinski definition) is 2. The average Bonchev–Trinajstić information content (AvgIpc) is 2.29. The molecule has 0 saturated heterocycles. The van der Waals surface area contributed by atoms with Gasteiger partial charge in [0.05, 0.1) is 4.90 Å². The third kappa shape index (κ3) is 3.69. The predicted molar refractivity (Wildman–Crippen MR) is 70.8 cm³/mol. The highest BCUT2D eigenvalue weighted by Crippen LogP contribution is 2.18. The molecule has 1 aromatic carbocycles. The van der Waals surface area contributed by atoms with Crippen molar-refractivity contribution in [1.82, 2.24) is 4.31 Å². The first-order valence-electron chi connectivity index (χ1n) is 5.78. The van der Waals surface area contributed by atoms with E-state index in [1.165, 1.54) is 4.31 Å². The maximum absolute atomic E-state index is 12.3. The molecule has 0 aliphatic carbocycles. The summed E-state index contributed by atoms with van der Waals surface area (Å²) in [6, 6.07) is 6.31. The molecule has 0 amide bonds. The van der Waals surface area contributed by atoms with E-state index in [1.807, 2.05) is 13.8 Å². The molecule has 0 aromatic heterocycles. The molecule has 0 aliphatic rings. The fraction of sp³-hybridized carbons (Fsp3) is 0.500. The van der Waals surface area contributed by atoms with E-state index in [0.717, 1.165) is 12.8 Å². The summed E-state index contributed by atoms with van der Waals surface area (Å²) in [4.78, 5) is 0.309. The topological polar surface area (TPSA) is 37.4 Å². The molecule has 0 atom stereocenters. The first-order valence-corrected chi connectivity index (χ1v) is 7.60. The van der Waals surface area contributed by atoms with E-state index in [-0.39, 0.29) is 0 Å². The van der Waals surface area contributed by atoms with Gasteiger partial charge in [0.25, 0.3) is 0 Å². The Labute approximate surface area is 108 Å². The van der Waals surface area contributed by atoms with Crippen LogP contribution in [0.4, 0.5) is 0 Å². The molecule has 0 fully saturated rings. The lowest BCUT2D eigenvalue weighted by molar-refractivity contribution is 0.410. The van der Waals surface area contributed by atoms with Gasteiger partial charge in [0, 0.05) is 18.1 Å². The lowest BCUT2D eigenvalue weighted by Gasteiger charge is -2.20. The molecule has 1 rings (SSSR count). The lowest BCUT2D eigenvalue weighted by Crippen LogP contribution is -2.32. The molecule has 5 heteroatoms. The molecule has 0 saturated carbocycles. The van der Waals surface area contributed by atoms with Gasteiger partial charge in [-0.25, -0.2) is 8.42 Å². The van der Waals surface area contributed by atoms with E-state index < -0.39 is 10.0 Å². The van der Waals surface area contributed by atoms with Crippen LogP contribution in [0.5, 0.6) is 0 Å². The fourth-order valence-corrected chi connectivity index (χ4v) is 3.36. The maximum atomic E-state index is 12.3. The Morgan fingerprint density at radius 2 is 1.53 bits per heavy atom. The molecule has 0 heterocycles. The van der Waals surface area contributed by atoms with Crippen LogP contribution in [0.3, 0.4) is 0 Å². The Bertz CT molecular complexity index is 436. The number of rotatable bonds is 6. The third-order valence-corrected chi connectivity index (χ3v) is 4.56. The van der Waals surface area contributed by atoms with Gasteiger partial charge in [-0.05, 0) is 37.1 Å². The molecule has 0 unspecified atom stereocenters. The highest BCUT2D eigenvalue weighted by atomic mass is 35.5. The minimum Gasteiger partial charge on any atom is -0.207 e. The quantitative estimate of drug-likeness (QED) is 0.800. The minimum atomic E-state index is -3.37. The van der Waals surface area contributed by atoms with Gasteiger partial charge < -0.3 is 0 Å². The van der Waals surface area contributed by atoms with E-state index >= 15 is 0 Å². The average molecular weight is 276 g/mol. The Kier molecular flexibility index (Phi) is 5.43. The minimum absolute atomic E-state index is 0.309. The zero-order chi connectivity index (χ0) is 12.9. The Hall–Kier alpha value is -0.580. The molecule has 0 aliphatic heterocycles. The van der Waals surface area contributed by atoms with Crippen LogP contribution < -0.4 is 0 Å². The van der Waals surface area contributed by atoms with Gasteiger partial charge in [-0.3, -0.25) is 0 Å². The van der Waals surface area contributed by atoms with Crippen molar-refractivity contribution in [2.24, 2.45) is 0 Å². The summed E-state index contributed by atoms with van der Waals surface area (Å²) in [5.74, 6) is 0. The second-order valence-corrected chi connectivity index (χ2v) is 6.23. The van der Waals surface area contributed by atoms with Crippen LogP contribution in [0.1, 0.15) is 26.7 Å². The van der Waals surface area contributed by atoms with E-state index in [2.05, 4.69) is 0 Å². The molecule has 0 radical (unpaired) electrons. The van der Waals surface area contributed by atoms with Gasteiger partial charge >= 0.3 is 0 Å². The lowest BCUT2D eigenvalue weighted by atomic mass is 10.4. The standard InChI is InChI=1S/C12H18ClNO2S/c1-3-9-14(10-4-2)17(15,16)12-7-5-11(13)6-8-12/h5-8H,3-4,9-10H2,1-2H3. The molecular weight excluding hydrogens is 258 g/mol. The van der Waals surface area contributed by atoms with Gasteiger partial charge in [-0.2, -0.15) is 4.31 Å². The van der Waals surface area contributed by atoms with Crippen LogP contribution in [-0.2, 0) is 10.0 Å². The number of nitrogens with zero attached hydrogens (tertiary/aromatic N) is 1. The van der Waals surface area contributed by atoms with Crippen molar-refractivity contribution in [3.05, 3.63) is 29.3 Å². The highest BCUT2D eigenvalue weighted by Gasteiger charge is 2.22. The summed E-state index contributed by atoms with van der Waals surface area (Å²) in [7, 11) is -3.37. The molecule has 0 spiro atoms. The second-order valence-electron chi connectivity index (χ2n) is 3.86. The summed E-state index contributed by atoms with van der Waals surface area (Å²) in [5.41, 5.74) is 0. The van der Waals surface area contributed by atoms with E-state index in [1.54, 1.807) is 24.3 Å². The summed E-state index contributed by atoms with van der Waals surface area (Å²) >= 11 is 5.76. The van der Waals surface area contributed by atoms with Crippen molar-refractivity contribution in [3.8, 4) is 0 Å². The summed E-state index contributed by atoms with van der Waals surface area (Å²) in [6.45, 7) is 5.05. The molecule has 3 nitrogen and oxygen atoms in total. The van der Waals surface area contributed by atoms with Crippen molar-refractivity contribution >= 4 is 21.6 Å². The zero-order valence-electron chi connectivity index (χ0n) is 10.2. The molecule has 96 valence electrons. The molecule has 17 heavy (non-hydrogen) atoms. The van der Waals surface area contributed by atoms with Gasteiger partial charge in [0.1, 0.15) is 0 Å². The molecule has 0 bridgehead atoms. The van der Waals surface area contributed by atoms with Gasteiger partial charge in [-0.1, -0.05) is 25.4 Å². The molecular formula is C12H18ClNO2S. The largest absolute Gasteiger partial charge is 0.243 e. The summed E-state index contributed by atoms with van der Waals surface area (Å²) in [5, 5.41) is 0.543. The third-order valence-electron chi connectivity index (χ3n) is 2.40. The van der Waals surface area contributed by atoms with E-state index in [4.69, 9.17) is 11.6 Å². The van der Waals surface area contributed by atoms with Gasteiger partial charge in [0.15, 0.2) is 0 Å². The van der Waals surface area contributed by atoms with E-state index in [9.17, 15) is 8.42 Å². The Balaban J connectivity index is 3.02. The van der Waals surface area contributed by atoms with E-state index in [0.29, 0.717) is 23.0 Å². The van der Waals surface area contributed by atoms with Crippen molar-refractivity contribution in [2.75, 3.05) is 13.1 Å². The van der Waals surface area contributed by atoms with Crippen LogP contribution in [-0.4, -0.2) is 25.8 Å². The van der Waals surface area contributed by atoms with Crippen molar-refractivity contribution < 1.29 is 8.42 Å². The maximum Gasteiger partial charge on any atom is 0.243 e. The first-order chi connectivity index (χ1) is 8.02. The first kappa shape index (κ1) is 14.5. The van der Waals surface area contributed by atoms with Crippen LogP contribution in [0.2, 0.25) is 5.02 Å².